The standard InChI is InChI=1S/C13H21N3O/c1-14-12-8-6-5-7-11(12)13(17)16(4)10-9-15(2)3/h5-8,14H,9-10H2,1-4H3. The first kappa shape index (κ1) is 13.5. The van der Waals surface area contributed by atoms with E-state index in [-0.39, 0.29) is 5.91 Å². The molecule has 0 heterocycles. The van der Waals surface area contributed by atoms with E-state index >= 15 is 0 Å². The summed E-state index contributed by atoms with van der Waals surface area (Å²) in [5.74, 6) is 0.0526. The molecule has 0 saturated heterocycles. The second-order valence-electron chi connectivity index (χ2n) is 4.33. The lowest BCUT2D eigenvalue weighted by molar-refractivity contribution is 0.0787. The summed E-state index contributed by atoms with van der Waals surface area (Å²) in [6, 6.07) is 7.56. The van der Waals surface area contributed by atoms with E-state index in [1.165, 1.54) is 0 Å². The molecule has 4 nitrogen and oxygen atoms in total. The minimum absolute atomic E-state index is 0.0526. The van der Waals surface area contributed by atoms with Crippen molar-refractivity contribution < 1.29 is 4.79 Å². The molecule has 0 spiro atoms. The van der Waals surface area contributed by atoms with Crippen molar-refractivity contribution in [3.63, 3.8) is 0 Å². The summed E-state index contributed by atoms with van der Waals surface area (Å²) in [7, 11) is 7.66. The highest BCUT2D eigenvalue weighted by Crippen LogP contribution is 2.15. The van der Waals surface area contributed by atoms with Crippen LogP contribution in [0.25, 0.3) is 0 Å². The summed E-state index contributed by atoms with van der Waals surface area (Å²) in [5.41, 5.74) is 1.59. The van der Waals surface area contributed by atoms with Crippen molar-refractivity contribution in [3.05, 3.63) is 29.8 Å². The normalized spacial score (nSPS) is 10.4. The highest BCUT2D eigenvalue weighted by atomic mass is 16.2. The predicted octanol–water partition coefficient (Wildman–Crippen LogP) is 1.36. The minimum atomic E-state index is 0.0526. The SMILES string of the molecule is CNc1ccccc1C(=O)N(C)CCN(C)C. The lowest BCUT2D eigenvalue weighted by atomic mass is 10.1. The van der Waals surface area contributed by atoms with Crippen molar-refractivity contribution in [2.75, 3.05) is 46.6 Å². The summed E-state index contributed by atoms with van der Waals surface area (Å²) in [6.45, 7) is 1.59. The van der Waals surface area contributed by atoms with Crippen LogP contribution in [0.2, 0.25) is 0 Å². The van der Waals surface area contributed by atoms with Crippen molar-refractivity contribution in [3.8, 4) is 0 Å². The molecule has 4 heteroatoms. The van der Waals surface area contributed by atoms with E-state index < -0.39 is 0 Å². The van der Waals surface area contributed by atoms with E-state index in [4.69, 9.17) is 0 Å². The van der Waals surface area contributed by atoms with Gasteiger partial charge in [-0.1, -0.05) is 12.1 Å². The average Bonchev–Trinajstić information content (AvgIpc) is 2.34. The molecule has 1 aromatic rings. The average molecular weight is 235 g/mol. The number of hydrogen-bond acceptors (Lipinski definition) is 3. The molecule has 17 heavy (non-hydrogen) atoms. The zero-order valence-electron chi connectivity index (χ0n) is 11.0. The number of carbonyl (C=O) groups excluding carboxylic acids is 1. The van der Waals surface area contributed by atoms with Crippen LogP contribution in [0.1, 0.15) is 10.4 Å². The van der Waals surface area contributed by atoms with E-state index in [0.717, 1.165) is 24.3 Å². The molecule has 94 valence electrons. The summed E-state index contributed by atoms with van der Waals surface area (Å²) >= 11 is 0. The molecular formula is C13H21N3O. The fourth-order valence-electron chi connectivity index (χ4n) is 1.54. The molecule has 0 aliphatic rings. The first-order chi connectivity index (χ1) is 8.06. The molecule has 1 aromatic carbocycles. The number of nitrogens with one attached hydrogen (secondary N) is 1. The zero-order valence-corrected chi connectivity index (χ0v) is 11.0. The topological polar surface area (TPSA) is 35.6 Å². The fourth-order valence-corrected chi connectivity index (χ4v) is 1.54. The Hall–Kier alpha value is -1.55. The third kappa shape index (κ3) is 3.75. The lowest BCUT2D eigenvalue weighted by Gasteiger charge is -2.20. The van der Waals surface area contributed by atoms with E-state index in [1.807, 2.05) is 52.5 Å². The number of amides is 1. The Morgan fingerprint density at radius 1 is 1.18 bits per heavy atom. The third-order valence-electron chi connectivity index (χ3n) is 2.66. The molecule has 0 unspecified atom stereocenters. The van der Waals surface area contributed by atoms with Crippen LogP contribution in [0.4, 0.5) is 5.69 Å². The Morgan fingerprint density at radius 2 is 1.82 bits per heavy atom. The van der Waals surface area contributed by atoms with Crippen LogP contribution in [0.15, 0.2) is 24.3 Å². The smallest absolute Gasteiger partial charge is 0.255 e. The maximum Gasteiger partial charge on any atom is 0.255 e. The van der Waals surface area contributed by atoms with Crippen LogP contribution in [-0.4, -0.2) is 57.0 Å². The zero-order chi connectivity index (χ0) is 12.8. The number of para-hydroxylation sites is 1. The molecular weight excluding hydrogens is 214 g/mol. The Labute approximate surface area is 103 Å². The Morgan fingerprint density at radius 3 is 2.41 bits per heavy atom. The van der Waals surface area contributed by atoms with Crippen molar-refractivity contribution in [1.82, 2.24) is 9.80 Å². The molecule has 0 aromatic heterocycles. The van der Waals surface area contributed by atoms with Crippen LogP contribution in [0.5, 0.6) is 0 Å². The van der Waals surface area contributed by atoms with Crippen molar-refractivity contribution in [1.29, 1.82) is 0 Å². The van der Waals surface area contributed by atoms with Gasteiger partial charge in [-0.15, -0.1) is 0 Å². The van der Waals surface area contributed by atoms with Crippen LogP contribution >= 0.6 is 0 Å². The maximum atomic E-state index is 12.2. The van der Waals surface area contributed by atoms with Gasteiger partial charge < -0.3 is 15.1 Å². The molecule has 0 aliphatic heterocycles. The highest BCUT2D eigenvalue weighted by molar-refractivity contribution is 5.99. The second kappa shape index (κ2) is 6.25. The van der Waals surface area contributed by atoms with Crippen molar-refractivity contribution >= 4 is 11.6 Å². The molecule has 0 aliphatic carbocycles. The molecule has 1 N–H and O–H groups in total. The van der Waals surface area contributed by atoms with Gasteiger partial charge in [-0.2, -0.15) is 0 Å². The van der Waals surface area contributed by atoms with Gasteiger partial charge in [0.2, 0.25) is 0 Å². The van der Waals surface area contributed by atoms with Gasteiger partial charge in [0, 0.05) is 32.9 Å². The van der Waals surface area contributed by atoms with Crippen LogP contribution in [0, 0.1) is 0 Å². The van der Waals surface area contributed by atoms with Crippen molar-refractivity contribution in [2.45, 2.75) is 0 Å². The fraction of sp³-hybridized carbons (Fsp3) is 0.462. The lowest BCUT2D eigenvalue weighted by Crippen LogP contribution is -2.33. The van der Waals surface area contributed by atoms with Crippen LogP contribution in [0.3, 0.4) is 0 Å². The quantitative estimate of drug-likeness (QED) is 0.837. The van der Waals surface area contributed by atoms with Gasteiger partial charge in [0.15, 0.2) is 0 Å². The predicted molar refractivity (Wildman–Crippen MR) is 71.5 cm³/mol. The molecule has 1 amide bonds. The maximum absolute atomic E-state index is 12.2. The van der Waals surface area contributed by atoms with Crippen LogP contribution in [-0.2, 0) is 0 Å². The summed E-state index contributed by atoms with van der Waals surface area (Å²) < 4.78 is 0. The Balaban J connectivity index is 2.74. The molecule has 0 fully saturated rings. The van der Waals surface area contributed by atoms with Gasteiger partial charge in [0.1, 0.15) is 0 Å². The number of nitrogens with zero attached hydrogens (tertiary/aromatic N) is 2. The van der Waals surface area contributed by atoms with Gasteiger partial charge in [-0.25, -0.2) is 0 Å². The minimum Gasteiger partial charge on any atom is -0.387 e. The molecule has 0 radical (unpaired) electrons. The second-order valence-corrected chi connectivity index (χ2v) is 4.33. The number of hydrogen-bond donors (Lipinski definition) is 1. The number of carbonyl (C=O) groups is 1. The van der Waals surface area contributed by atoms with Gasteiger partial charge in [0.25, 0.3) is 5.91 Å². The van der Waals surface area contributed by atoms with Gasteiger partial charge in [-0.3, -0.25) is 4.79 Å². The summed E-state index contributed by atoms with van der Waals surface area (Å²) in [4.78, 5) is 16.0. The van der Waals surface area contributed by atoms with Crippen molar-refractivity contribution in [2.24, 2.45) is 0 Å². The molecule has 0 atom stereocenters. The van der Waals surface area contributed by atoms with E-state index in [1.54, 1.807) is 4.90 Å². The largest absolute Gasteiger partial charge is 0.387 e. The van der Waals surface area contributed by atoms with Gasteiger partial charge >= 0.3 is 0 Å². The first-order valence-electron chi connectivity index (χ1n) is 5.73. The Bertz CT molecular complexity index is 377. The molecule has 1 rings (SSSR count). The molecule has 0 saturated carbocycles. The van der Waals surface area contributed by atoms with Crippen LogP contribution < -0.4 is 5.32 Å². The summed E-state index contributed by atoms with van der Waals surface area (Å²) in [6.07, 6.45) is 0. The third-order valence-corrected chi connectivity index (χ3v) is 2.66. The highest BCUT2D eigenvalue weighted by Gasteiger charge is 2.14. The Kier molecular flexibility index (Phi) is 4.97. The van der Waals surface area contributed by atoms with Gasteiger partial charge in [0.05, 0.1) is 5.56 Å². The van der Waals surface area contributed by atoms with E-state index in [0.29, 0.717) is 0 Å². The van der Waals surface area contributed by atoms with E-state index in [2.05, 4.69) is 10.2 Å². The van der Waals surface area contributed by atoms with E-state index in [9.17, 15) is 4.79 Å². The monoisotopic (exact) mass is 235 g/mol. The van der Waals surface area contributed by atoms with Gasteiger partial charge in [-0.05, 0) is 26.2 Å². The number of anilines is 1. The first-order valence-corrected chi connectivity index (χ1v) is 5.73. The molecule has 0 bridgehead atoms. The number of likely N-dealkylation sites (N-methyl/N-ethyl adjacent to an activating group) is 2. The number of rotatable bonds is 5. The number of benzene rings is 1. The summed E-state index contributed by atoms with van der Waals surface area (Å²) in [5, 5.41) is 3.04.